The van der Waals surface area contributed by atoms with Gasteiger partial charge in [-0.25, -0.2) is 4.79 Å². The number of nitrogens with zero attached hydrogens (tertiary/aromatic N) is 1. The first kappa shape index (κ1) is 17.0. The normalized spacial score (nSPS) is 12.2. The molecule has 132 valence electrons. The molecule has 0 atom stereocenters. The molecule has 0 aliphatic carbocycles. The molecule has 0 spiro atoms. The Morgan fingerprint density at radius 3 is 2.73 bits per heavy atom. The summed E-state index contributed by atoms with van der Waals surface area (Å²) in [5.74, 6) is 0. The molecule has 3 aromatic rings. The fourth-order valence-corrected chi connectivity index (χ4v) is 3.99. The number of aromatic nitrogens is 2. The van der Waals surface area contributed by atoms with Gasteiger partial charge in [0.05, 0.1) is 12.3 Å². The molecule has 26 heavy (non-hydrogen) atoms. The number of hydrogen-bond acceptors (Lipinski definition) is 5. The summed E-state index contributed by atoms with van der Waals surface area (Å²) in [6.07, 6.45) is 0. The number of aromatic amines is 1. The summed E-state index contributed by atoms with van der Waals surface area (Å²) < 4.78 is 7.08. The van der Waals surface area contributed by atoms with E-state index >= 15 is 0 Å². The van der Waals surface area contributed by atoms with Crippen LogP contribution < -0.4 is 16.6 Å². The number of fused-ring (bicyclic) bond motifs is 2. The molecule has 0 saturated carbocycles. The van der Waals surface area contributed by atoms with Crippen molar-refractivity contribution in [1.29, 1.82) is 0 Å². The quantitative estimate of drug-likeness (QED) is 0.523. The van der Waals surface area contributed by atoms with Crippen LogP contribution in [0.4, 0.5) is 11.4 Å². The minimum absolute atomic E-state index is 0.0252. The van der Waals surface area contributed by atoms with Gasteiger partial charge in [0, 0.05) is 9.92 Å². The lowest BCUT2D eigenvalue weighted by Gasteiger charge is -2.22. The minimum Gasteiger partial charge on any atom is -0.356 e. The maximum Gasteiger partial charge on any atom is 0.331 e. The largest absolute Gasteiger partial charge is 0.356 e. The molecule has 2 N–H and O–H groups in total. The van der Waals surface area contributed by atoms with Crippen LogP contribution >= 0.6 is 23.4 Å². The maximum absolute atomic E-state index is 12.3. The number of halogens is 1. The van der Waals surface area contributed by atoms with Crippen LogP contribution in [-0.2, 0) is 18.1 Å². The van der Waals surface area contributed by atoms with Gasteiger partial charge in [0.25, 0.3) is 5.56 Å². The van der Waals surface area contributed by atoms with Crippen molar-refractivity contribution in [3.8, 4) is 0 Å². The Morgan fingerprint density at radius 2 is 1.92 bits per heavy atom. The average Bonchev–Trinajstić information content (AvgIpc) is 2.64. The van der Waals surface area contributed by atoms with Crippen LogP contribution in [0.1, 0.15) is 5.56 Å². The molecule has 2 heterocycles. The van der Waals surface area contributed by atoms with Crippen LogP contribution in [0.5, 0.6) is 0 Å². The number of ether oxygens (including phenoxy) is 1. The zero-order valence-corrected chi connectivity index (χ0v) is 15.1. The highest BCUT2D eigenvalue weighted by Crippen LogP contribution is 2.42. The summed E-state index contributed by atoms with van der Waals surface area (Å²) in [4.78, 5) is 27.7. The standard InChI is InChI=1S/C18H14ClN3O3S/c19-12-6-7-13-14(8-12)26-17-15(20-13)16(23)21-18(24)22(17)10-25-9-11-4-2-1-3-5-11/h1-8,20H,9-10H2,(H,21,23,24). The number of benzene rings is 2. The Hall–Kier alpha value is -2.48. The monoisotopic (exact) mass is 387 g/mol. The summed E-state index contributed by atoms with van der Waals surface area (Å²) in [5, 5.41) is 4.16. The Morgan fingerprint density at radius 1 is 1.12 bits per heavy atom. The lowest BCUT2D eigenvalue weighted by molar-refractivity contribution is 0.0556. The van der Waals surface area contributed by atoms with Gasteiger partial charge in [-0.1, -0.05) is 53.7 Å². The van der Waals surface area contributed by atoms with Crippen LogP contribution in [0.2, 0.25) is 5.02 Å². The third-order valence-corrected chi connectivity index (χ3v) is 5.30. The predicted molar refractivity (Wildman–Crippen MR) is 101 cm³/mol. The SMILES string of the molecule is O=c1[nH]c(=O)n(COCc2ccccc2)c2c1Nc1ccc(Cl)cc1S2. The smallest absolute Gasteiger partial charge is 0.331 e. The van der Waals surface area contributed by atoms with Crippen molar-refractivity contribution in [2.45, 2.75) is 23.3 Å². The fraction of sp³-hybridized carbons (Fsp3) is 0.111. The van der Waals surface area contributed by atoms with Gasteiger partial charge in [-0.3, -0.25) is 14.3 Å². The topological polar surface area (TPSA) is 76.1 Å². The van der Waals surface area contributed by atoms with E-state index in [0.29, 0.717) is 22.3 Å². The first-order chi connectivity index (χ1) is 12.6. The van der Waals surface area contributed by atoms with Crippen LogP contribution in [0.3, 0.4) is 0 Å². The van der Waals surface area contributed by atoms with Crippen molar-refractivity contribution in [2.24, 2.45) is 0 Å². The van der Waals surface area contributed by atoms with E-state index in [1.54, 1.807) is 18.2 Å². The molecule has 1 aliphatic rings. The van der Waals surface area contributed by atoms with E-state index < -0.39 is 11.2 Å². The molecule has 8 heteroatoms. The summed E-state index contributed by atoms with van der Waals surface area (Å²) in [5.41, 5.74) is 1.13. The lowest BCUT2D eigenvalue weighted by atomic mass is 10.2. The number of nitrogens with one attached hydrogen (secondary N) is 2. The van der Waals surface area contributed by atoms with Gasteiger partial charge < -0.3 is 10.1 Å². The Labute approximate surface area is 157 Å². The average molecular weight is 388 g/mol. The van der Waals surface area contributed by atoms with Gasteiger partial charge >= 0.3 is 5.69 Å². The van der Waals surface area contributed by atoms with Crippen molar-refractivity contribution in [3.05, 3.63) is 80.0 Å². The zero-order valence-electron chi connectivity index (χ0n) is 13.5. The molecule has 0 radical (unpaired) electrons. The first-order valence-corrected chi connectivity index (χ1v) is 9.04. The summed E-state index contributed by atoms with van der Waals surface area (Å²) in [6, 6.07) is 15.0. The Kier molecular flexibility index (Phi) is 4.58. The number of hydrogen-bond donors (Lipinski definition) is 2. The molecule has 0 saturated heterocycles. The second kappa shape index (κ2) is 7.03. The highest BCUT2D eigenvalue weighted by molar-refractivity contribution is 7.99. The predicted octanol–water partition coefficient (Wildman–Crippen LogP) is 3.57. The maximum atomic E-state index is 12.3. The molecule has 6 nitrogen and oxygen atoms in total. The second-order valence-corrected chi connectivity index (χ2v) is 7.17. The molecule has 0 unspecified atom stereocenters. The molecule has 2 aromatic carbocycles. The van der Waals surface area contributed by atoms with Crippen LogP contribution in [0.15, 0.2) is 68.0 Å². The van der Waals surface area contributed by atoms with Crippen molar-refractivity contribution in [2.75, 3.05) is 5.32 Å². The fourth-order valence-electron chi connectivity index (χ4n) is 2.64. The van der Waals surface area contributed by atoms with Gasteiger partial charge in [-0.15, -0.1) is 0 Å². The molecule has 0 amide bonds. The number of anilines is 2. The van der Waals surface area contributed by atoms with Crippen LogP contribution in [0.25, 0.3) is 0 Å². The van der Waals surface area contributed by atoms with Gasteiger partial charge in [-0.05, 0) is 23.8 Å². The Balaban J connectivity index is 1.64. The van der Waals surface area contributed by atoms with Crippen molar-refractivity contribution in [3.63, 3.8) is 0 Å². The third-order valence-electron chi connectivity index (χ3n) is 3.89. The molecular formula is C18H14ClN3O3S. The van der Waals surface area contributed by atoms with E-state index in [2.05, 4.69) is 10.3 Å². The van der Waals surface area contributed by atoms with Gasteiger partial charge in [0.15, 0.2) is 0 Å². The van der Waals surface area contributed by atoms with Crippen molar-refractivity contribution < 1.29 is 4.74 Å². The molecule has 0 fully saturated rings. The highest BCUT2D eigenvalue weighted by Gasteiger charge is 2.23. The van der Waals surface area contributed by atoms with Crippen molar-refractivity contribution in [1.82, 2.24) is 9.55 Å². The van der Waals surface area contributed by atoms with E-state index in [1.807, 2.05) is 30.3 Å². The molecule has 0 bridgehead atoms. The Bertz CT molecular complexity index is 1080. The molecular weight excluding hydrogens is 374 g/mol. The third kappa shape index (κ3) is 3.29. The molecule has 4 rings (SSSR count). The van der Waals surface area contributed by atoms with Gasteiger partial charge in [0.1, 0.15) is 17.4 Å². The van der Waals surface area contributed by atoms with E-state index in [1.165, 1.54) is 16.3 Å². The minimum atomic E-state index is -0.512. The zero-order chi connectivity index (χ0) is 18.1. The van der Waals surface area contributed by atoms with Crippen molar-refractivity contribution >= 4 is 34.7 Å². The van der Waals surface area contributed by atoms with Crippen LogP contribution in [-0.4, -0.2) is 9.55 Å². The molecule has 1 aliphatic heterocycles. The lowest BCUT2D eigenvalue weighted by Crippen LogP contribution is -2.34. The van der Waals surface area contributed by atoms with Crippen LogP contribution in [0, 0.1) is 0 Å². The second-order valence-electron chi connectivity index (χ2n) is 5.70. The van der Waals surface area contributed by atoms with Gasteiger partial charge in [0.2, 0.25) is 0 Å². The van der Waals surface area contributed by atoms with Gasteiger partial charge in [-0.2, -0.15) is 0 Å². The van der Waals surface area contributed by atoms with E-state index in [9.17, 15) is 9.59 Å². The van der Waals surface area contributed by atoms with E-state index in [-0.39, 0.29) is 6.73 Å². The summed E-state index contributed by atoms with van der Waals surface area (Å²) in [6.45, 7) is 0.388. The molecule has 1 aromatic heterocycles. The van der Waals surface area contributed by atoms with E-state index in [0.717, 1.165) is 16.1 Å². The number of rotatable bonds is 4. The first-order valence-electron chi connectivity index (χ1n) is 7.85. The summed E-state index contributed by atoms with van der Waals surface area (Å²) in [7, 11) is 0. The highest BCUT2D eigenvalue weighted by atomic mass is 35.5. The van der Waals surface area contributed by atoms with E-state index in [4.69, 9.17) is 16.3 Å². The number of H-pyrrole nitrogens is 1. The summed E-state index contributed by atoms with van der Waals surface area (Å²) >= 11 is 7.37.